The first-order valence-electron chi connectivity index (χ1n) is 7.99. The Bertz CT molecular complexity index is 414. The predicted molar refractivity (Wildman–Crippen MR) is 92.1 cm³/mol. The number of benzene rings is 1. The van der Waals surface area contributed by atoms with Crippen LogP contribution in [0, 0.1) is 0 Å². The molecule has 1 rings (SSSR count). The summed E-state index contributed by atoms with van der Waals surface area (Å²) in [6.07, 6.45) is 13.2. The monoisotopic (exact) mass is 292 g/mol. The molecule has 0 radical (unpaired) electrons. The molecule has 0 unspecified atom stereocenters. The molecule has 0 saturated carbocycles. The Hall–Kier alpha value is -0.810. The summed E-state index contributed by atoms with van der Waals surface area (Å²) in [6, 6.07) is 10.4. The minimum atomic E-state index is -1.80. The molecule has 0 aromatic heterocycles. The van der Waals surface area contributed by atoms with Crippen LogP contribution >= 0.6 is 7.14 Å². The Morgan fingerprint density at radius 2 is 1.60 bits per heavy atom. The van der Waals surface area contributed by atoms with Crippen molar-refractivity contribution < 1.29 is 4.57 Å². The van der Waals surface area contributed by atoms with Crippen LogP contribution in [0.3, 0.4) is 0 Å². The Morgan fingerprint density at radius 1 is 0.950 bits per heavy atom. The molecular weight excluding hydrogens is 263 g/mol. The lowest BCUT2D eigenvalue weighted by atomic mass is 10.1. The van der Waals surface area contributed by atoms with Crippen molar-refractivity contribution in [2.24, 2.45) is 0 Å². The first-order chi connectivity index (χ1) is 9.70. The summed E-state index contributed by atoms with van der Waals surface area (Å²) >= 11 is 0. The molecule has 20 heavy (non-hydrogen) atoms. The highest BCUT2D eigenvalue weighted by Gasteiger charge is 2.15. The zero-order chi connectivity index (χ0) is 14.7. The van der Waals surface area contributed by atoms with Gasteiger partial charge < -0.3 is 4.57 Å². The van der Waals surface area contributed by atoms with E-state index in [0.29, 0.717) is 0 Å². The number of unbranched alkanes of at least 4 members (excludes halogenated alkanes) is 4. The van der Waals surface area contributed by atoms with E-state index in [-0.39, 0.29) is 0 Å². The molecule has 0 aliphatic heterocycles. The Kier molecular flexibility index (Phi) is 8.62. The fourth-order valence-corrected chi connectivity index (χ4v) is 4.22. The van der Waals surface area contributed by atoms with Gasteiger partial charge in [0, 0.05) is 6.16 Å². The maximum absolute atomic E-state index is 12.2. The molecule has 0 spiro atoms. The highest BCUT2D eigenvalue weighted by molar-refractivity contribution is 7.63. The maximum Gasteiger partial charge on any atom is 0.0872 e. The maximum atomic E-state index is 12.2. The van der Waals surface area contributed by atoms with E-state index in [1.54, 1.807) is 0 Å². The Balaban J connectivity index is 2.06. The van der Waals surface area contributed by atoms with E-state index in [9.17, 15) is 4.57 Å². The summed E-state index contributed by atoms with van der Waals surface area (Å²) in [5.41, 5.74) is 1.28. The molecule has 0 fully saturated rings. The number of hydrogen-bond donors (Lipinski definition) is 0. The third-order valence-corrected chi connectivity index (χ3v) is 7.39. The second-order valence-electron chi connectivity index (χ2n) is 5.43. The van der Waals surface area contributed by atoms with Gasteiger partial charge in [-0.25, -0.2) is 0 Å². The van der Waals surface area contributed by atoms with Crippen molar-refractivity contribution in [3.8, 4) is 0 Å². The van der Waals surface area contributed by atoms with Crippen LogP contribution < -0.4 is 0 Å². The average Bonchev–Trinajstić information content (AvgIpc) is 2.50. The molecule has 1 aromatic rings. The van der Waals surface area contributed by atoms with Gasteiger partial charge in [-0.05, 0) is 37.1 Å². The Morgan fingerprint density at radius 3 is 2.25 bits per heavy atom. The normalized spacial score (nSPS) is 12.1. The van der Waals surface area contributed by atoms with Crippen LogP contribution in [0.1, 0.15) is 51.5 Å². The van der Waals surface area contributed by atoms with E-state index < -0.39 is 7.14 Å². The molecule has 0 aliphatic rings. The summed E-state index contributed by atoms with van der Waals surface area (Å²) in [5, 5.41) is 0. The van der Waals surface area contributed by atoms with Gasteiger partial charge in [-0.3, -0.25) is 0 Å². The molecular formula is C18H29OP. The SMILES string of the molecule is CCP(=O)(CC)CCCCCCC=Cc1ccccc1. The lowest BCUT2D eigenvalue weighted by molar-refractivity contribution is 0.571. The average molecular weight is 292 g/mol. The standard InChI is InChI=1S/C18H29OP/c1-3-20(19,4-2)17-13-8-6-5-7-10-14-18-15-11-9-12-16-18/h9-12,14-16H,3-8,13,17H2,1-2H3. The number of rotatable bonds is 10. The van der Waals surface area contributed by atoms with Gasteiger partial charge >= 0.3 is 0 Å². The molecule has 1 aromatic carbocycles. The first kappa shape index (κ1) is 17.2. The first-order valence-corrected chi connectivity index (χ1v) is 10.2. The van der Waals surface area contributed by atoms with Gasteiger partial charge in [-0.15, -0.1) is 0 Å². The quantitative estimate of drug-likeness (QED) is 0.379. The van der Waals surface area contributed by atoms with E-state index in [4.69, 9.17) is 0 Å². The lowest BCUT2D eigenvalue weighted by Gasteiger charge is -2.13. The zero-order valence-corrected chi connectivity index (χ0v) is 13.9. The topological polar surface area (TPSA) is 17.1 Å². The van der Waals surface area contributed by atoms with Gasteiger partial charge in [0.15, 0.2) is 0 Å². The van der Waals surface area contributed by atoms with Crippen LogP contribution in [0.25, 0.3) is 6.08 Å². The fourth-order valence-electron chi connectivity index (χ4n) is 2.34. The summed E-state index contributed by atoms with van der Waals surface area (Å²) in [5.74, 6) is 0. The van der Waals surface area contributed by atoms with Crippen LogP contribution in [0.5, 0.6) is 0 Å². The smallest absolute Gasteiger partial charge is 0.0872 e. The van der Waals surface area contributed by atoms with Gasteiger partial charge in [0.1, 0.15) is 0 Å². The second-order valence-corrected chi connectivity index (χ2v) is 9.26. The molecule has 0 heterocycles. The van der Waals surface area contributed by atoms with E-state index in [1.807, 2.05) is 6.07 Å². The van der Waals surface area contributed by atoms with Crippen LogP contribution in [0.15, 0.2) is 36.4 Å². The highest BCUT2D eigenvalue weighted by Crippen LogP contribution is 2.45. The third-order valence-electron chi connectivity index (χ3n) is 3.95. The minimum absolute atomic E-state index is 0.878. The molecule has 0 amide bonds. The van der Waals surface area contributed by atoms with Crippen LogP contribution in [-0.4, -0.2) is 18.5 Å². The van der Waals surface area contributed by atoms with Crippen molar-refractivity contribution in [2.75, 3.05) is 18.5 Å². The number of allylic oxidation sites excluding steroid dienone is 1. The lowest BCUT2D eigenvalue weighted by Crippen LogP contribution is -1.95. The van der Waals surface area contributed by atoms with E-state index >= 15 is 0 Å². The van der Waals surface area contributed by atoms with E-state index in [2.05, 4.69) is 50.3 Å². The minimum Gasteiger partial charge on any atom is -0.324 e. The third kappa shape index (κ3) is 7.10. The highest BCUT2D eigenvalue weighted by atomic mass is 31.2. The largest absolute Gasteiger partial charge is 0.324 e. The molecule has 0 atom stereocenters. The van der Waals surface area contributed by atoms with Crippen molar-refractivity contribution in [3.63, 3.8) is 0 Å². The predicted octanol–water partition coefficient (Wildman–Crippen LogP) is 6.05. The van der Waals surface area contributed by atoms with Crippen molar-refractivity contribution in [1.82, 2.24) is 0 Å². The van der Waals surface area contributed by atoms with E-state index in [1.165, 1.54) is 24.8 Å². The zero-order valence-electron chi connectivity index (χ0n) is 13.1. The van der Waals surface area contributed by atoms with Crippen molar-refractivity contribution in [2.45, 2.75) is 46.0 Å². The van der Waals surface area contributed by atoms with Gasteiger partial charge in [0.25, 0.3) is 0 Å². The van der Waals surface area contributed by atoms with Crippen molar-refractivity contribution in [3.05, 3.63) is 42.0 Å². The molecule has 0 bridgehead atoms. The van der Waals surface area contributed by atoms with Crippen molar-refractivity contribution in [1.29, 1.82) is 0 Å². The van der Waals surface area contributed by atoms with Crippen LogP contribution in [0.2, 0.25) is 0 Å². The van der Waals surface area contributed by atoms with Gasteiger partial charge in [-0.1, -0.05) is 69.2 Å². The van der Waals surface area contributed by atoms with Gasteiger partial charge in [-0.2, -0.15) is 0 Å². The molecule has 0 N–H and O–H groups in total. The summed E-state index contributed by atoms with van der Waals surface area (Å²) in [4.78, 5) is 0. The van der Waals surface area contributed by atoms with E-state index in [0.717, 1.165) is 31.3 Å². The molecule has 1 nitrogen and oxygen atoms in total. The fraction of sp³-hybridized carbons (Fsp3) is 0.556. The summed E-state index contributed by atoms with van der Waals surface area (Å²) in [7, 11) is -1.80. The second kappa shape index (κ2) is 10.00. The molecule has 2 heteroatoms. The Labute approximate surface area is 124 Å². The van der Waals surface area contributed by atoms with Crippen molar-refractivity contribution >= 4 is 13.2 Å². The summed E-state index contributed by atoms with van der Waals surface area (Å²) < 4.78 is 12.2. The van der Waals surface area contributed by atoms with Gasteiger partial charge in [0.05, 0.1) is 7.14 Å². The van der Waals surface area contributed by atoms with Gasteiger partial charge in [0.2, 0.25) is 0 Å². The molecule has 0 aliphatic carbocycles. The van der Waals surface area contributed by atoms with Crippen LogP contribution in [0.4, 0.5) is 0 Å². The summed E-state index contributed by atoms with van der Waals surface area (Å²) in [6.45, 7) is 4.14. The number of hydrogen-bond acceptors (Lipinski definition) is 1. The molecule has 0 saturated heterocycles. The van der Waals surface area contributed by atoms with Crippen LogP contribution in [-0.2, 0) is 4.57 Å². The molecule has 112 valence electrons.